The minimum absolute atomic E-state index is 0.00878. The monoisotopic (exact) mass is 354 g/mol. The van der Waals surface area contributed by atoms with Crippen LogP contribution in [0.1, 0.15) is 66.2 Å². The van der Waals surface area contributed by atoms with E-state index in [1.165, 1.54) is 43.3 Å². The van der Waals surface area contributed by atoms with Crippen LogP contribution < -0.4 is 0 Å². The van der Waals surface area contributed by atoms with Crippen LogP contribution in [0.2, 0.25) is 18.1 Å². The molecule has 2 rings (SSSR count). The van der Waals surface area contributed by atoms with Gasteiger partial charge in [-0.15, -0.1) is 0 Å². The molecule has 0 bridgehead atoms. The first-order valence-corrected chi connectivity index (χ1v) is 12.7. The maximum atomic E-state index is 6.49. The van der Waals surface area contributed by atoms with Crippen molar-refractivity contribution in [2.75, 3.05) is 19.8 Å². The van der Waals surface area contributed by atoms with Crippen LogP contribution in [0.4, 0.5) is 0 Å². The molecule has 0 N–H and O–H groups in total. The molecule has 3 nitrogen and oxygen atoms in total. The molecule has 24 heavy (non-hydrogen) atoms. The molecule has 140 valence electrons. The SMILES string of the molecule is CC[C@@H]1CC(COC2CCCCO2)=C(CO[Si](C)(C)C(C)(C)C)C1. The van der Waals surface area contributed by atoms with Crippen molar-refractivity contribution in [2.24, 2.45) is 5.92 Å². The highest BCUT2D eigenvalue weighted by atomic mass is 28.4. The van der Waals surface area contributed by atoms with Gasteiger partial charge in [-0.05, 0) is 67.3 Å². The zero-order chi connectivity index (χ0) is 17.8. The summed E-state index contributed by atoms with van der Waals surface area (Å²) in [7, 11) is -1.69. The fourth-order valence-electron chi connectivity index (χ4n) is 3.19. The summed E-state index contributed by atoms with van der Waals surface area (Å²) < 4.78 is 18.3. The normalized spacial score (nSPS) is 26.2. The summed E-state index contributed by atoms with van der Waals surface area (Å²) in [5.41, 5.74) is 2.98. The van der Waals surface area contributed by atoms with Crippen molar-refractivity contribution >= 4 is 8.32 Å². The second kappa shape index (κ2) is 8.48. The average Bonchev–Trinajstić information content (AvgIpc) is 2.93. The molecule has 2 aliphatic rings. The van der Waals surface area contributed by atoms with Crippen molar-refractivity contribution < 1.29 is 13.9 Å². The molecule has 2 atom stereocenters. The molecular formula is C20H38O3Si. The lowest BCUT2D eigenvalue weighted by Gasteiger charge is -2.36. The first kappa shape index (κ1) is 20.2. The minimum atomic E-state index is -1.69. The van der Waals surface area contributed by atoms with E-state index in [1.807, 2.05) is 0 Å². The van der Waals surface area contributed by atoms with Gasteiger partial charge in [0.1, 0.15) is 0 Å². The van der Waals surface area contributed by atoms with Crippen LogP contribution in [0.15, 0.2) is 11.1 Å². The molecule has 1 heterocycles. The van der Waals surface area contributed by atoms with Gasteiger partial charge in [-0.25, -0.2) is 0 Å². The topological polar surface area (TPSA) is 27.7 Å². The van der Waals surface area contributed by atoms with Crippen molar-refractivity contribution in [3.05, 3.63) is 11.1 Å². The molecule has 0 amide bonds. The Morgan fingerprint density at radius 1 is 1.08 bits per heavy atom. The Balaban J connectivity index is 1.93. The summed E-state index contributed by atoms with van der Waals surface area (Å²) >= 11 is 0. The lowest BCUT2D eigenvalue weighted by Crippen LogP contribution is -2.41. The van der Waals surface area contributed by atoms with E-state index in [4.69, 9.17) is 13.9 Å². The highest BCUT2D eigenvalue weighted by Crippen LogP contribution is 2.39. The molecule has 1 aliphatic carbocycles. The maximum Gasteiger partial charge on any atom is 0.192 e. The molecular weight excluding hydrogens is 316 g/mol. The molecule has 1 fully saturated rings. The van der Waals surface area contributed by atoms with Crippen molar-refractivity contribution in [2.45, 2.75) is 90.6 Å². The lowest BCUT2D eigenvalue weighted by molar-refractivity contribution is -0.157. The van der Waals surface area contributed by atoms with Gasteiger partial charge in [-0.3, -0.25) is 0 Å². The molecule has 0 saturated carbocycles. The molecule has 0 aromatic carbocycles. The lowest BCUT2D eigenvalue weighted by atomic mass is 10.0. The fraction of sp³-hybridized carbons (Fsp3) is 0.900. The molecule has 0 spiro atoms. The molecule has 0 radical (unpaired) electrons. The Morgan fingerprint density at radius 2 is 1.75 bits per heavy atom. The second-order valence-electron chi connectivity index (χ2n) is 9.05. The summed E-state index contributed by atoms with van der Waals surface area (Å²) in [6, 6.07) is 0. The van der Waals surface area contributed by atoms with Crippen LogP contribution in [0.5, 0.6) is 0 Å². The Labute approximate surface area is 150 Å². The standard InChI is InChI=1S/C20H38O3Si/c1-7-16-12-17(14-22-19-10-8-9-11-21-19)18(13-16)15-23-24(5,6)20(2,3)4/h16,19H,7-15H2,1-6H3/t16-,19?/m1/s1. The zero-order valence-electron chi connectivity index (χ0n) is 16.7. The largest absolute Gasteiger partial charge is 0.413 e. The third kappa shape index (κ3) is 5.42. The molecule has 0 aromatic rings. The van der Waals surface area contributed by atoms with E-state index in [0.717, 1.165) is 32.2 Å². The highest BCUT2D eigenvalue weighted by molar-refractivity contribution is 6.74. The van der Waals surface area contributed by atoms with E-state index < -0.39 is 8.32 Å². The first-order chi connectivity index (χ1) is 11.2. The summed E-state index contributed by atoms with van der Waals surface area (Å²) in [5, 5.41) is 0.267. The average molecular weight is 355 g/mol. The van der Waals surface area contributed by atoms with Crippen molar-refractivity contribution in [3.63, 3.8) is 0 Å². The smallest absolute Gasteiger partial charge is 0.192 e. The first-order valence-electron chi connectivity index (χ1n) is 9.80. The zero-order valence-corrected chi connectivity index (χ0v) is 17.7. The number of hydrogen-bond acceptors (Lipinski definition) is 3. The molecule has 4 heteroatoms. The third-order valence-corrected chi connectivity index (χ3v) is 10.6. The van der Waals surface area contributed by atoms with Crippen molar-refractivity contribution in [1.82, 2.24) is 0 Å². The van der Waals surface area contributed by atoms with E-state index in [2.05, 4.69) is 40.8 Å². The molecule has 1 unspecified atom stereocenters. The van der Waals surface area contributed by atoms with Gasteiger partial charge in [0.25, 0.3) is 0 Å². The van der Waals surface area contributed by atoms with Crippen LogP contribution in [0, 0.1) is 5.92 Å². The fourth-order valence-corrected chi connectivity index (χ4v) is 4.16. The van der Waals surface area contributed by atoms with Gasteiger partial charge in [0.05, 0.1) is 13.2 Å². The summed E-state index contributed by atoms with van der Waals surface area (Å²) in [6.45, 7) is 16.3. The Morgan fingerprint density at radius 3 is 2.29 bits per heavy atom. The molecule has 1 aliphatic heterocycles. The van der Waals surface area contributed by atoms with Gasteiger partial charge < -0.3 is 13.9 Å². The Kier molecular flexibility index (Phi) is 7.12. The van der Waals surface area contributed by atoms with Gasteiger partial charge in [0, 0.05) is 6.61 Å². The van der Waals surface area contributed by atoms with Crippen LogP contribution in [-0.2, 0) is 13.9 Å². The number of ether oxygens (including phenoxy) is 2. The Hall–Kier alpha value is -0.163. The van der Waals surface area contributed by atoms with Gasteiger partial charge >= 0.3 is 0 Å². The second-order valence-corrected chi connectivity index (χ2v) is 13.9. The molecule has 0 aromatic heterocycles. The van der Waals surface area contributed by atoms with Crippen LogP contribution >= 0.6 is 0 Å². The number of rotatable bonds is 7. The predicted octanol–water partition coefficient (Wildman–Crippen LogP) is 5.67. The maximum absolute atomic E-state index is 6.49. The van der Waals surface area contributed by atoms with E-state index >= 15 is 0 Å². The van der Waals surface area contributed by atoms with E-state index in [1.54, 1.807) is 0 Å². The van der Waals surface area contributed by atoms with Gasteiger partial charge in [0.2, 0.25) is 0 Å². The van der Waals surface area contributed by atoms with Crippen LogP contribution in [0.25, 0.3) is 0 Å². The van der Waals surface area contributed by atoms with Crippen LogP contribution in [-0.4, -0.2) is 34.4 Å². The molecule has 1 saturated heterocycles. The van der Waals surface area contributed by atoms with Crippen molar-refractivity contribution in [1.29, 1.82) is 0 Å². The van der Waals surface area contributed by atoms with Crippen molar-refractivity contribution in [3.8, 4) is 0 Å². The van der Waals surface area contributed by atoms with Gasteiger partial charge in [-0.2, -0.15) is 0 Å². The van der Waals surface area contributed by atoms with E-state index in [0.29, 0.717) is 0 Å². The number of hydrogen-bond donors (Lipinski definition) is 0. The van der Waals surface area contributed by atoms with Crippen LogP contribution in [0.3, 0.4) is 0 Å². The predicted molar refractivity (Wildman–Crippen MR) is 103 cm³/mol. The summed E-state index contributed by atoms with van der Waals surface area (Å²) in [4.78, 5) is 0. The van der Waals surface area contributed by atoms with E-state index in [-0.39, 0.29) is 11.3 Å². The minimum Gasteiger partial charge on any atom is -0.413 e. The quantitative estimate of drug-likeness (QED) is 0.435. The Bertz CT molecular complexity index is 431. The van der Waals surface area contributed by atoms with E-state index in [9.17, 15) is 0 Å². The summed E-state index contributed by atoms with van der Waals surface area (Å²) in [6.07, 6.45) is 7.06. The van der Waals surface area contributed by atoms with Gasteiger partial charge in [0.15, 0.2) is 14.6 Å². The highest BCUT2D eigenvalue weighted by Gasteiger charge is 2.37. The summed E-state index contributed by atoms with van der Waals surface area (Å²) in [5.74, 6) is 0.772. The van der Waals surface area contributed by atoms with Gasteiger partial charge in [-0.1, -0.05) is 34.1 Å². The third-order valence-electron chi connectivity index (χ3n) is 6.14.